The zero-order chi connectivity index (χ0) is 23.6. The second-order valence-corrected chi connectivity index (χ2v) is 8.50. The Morgan fingerprint density at radius 2 is 2.00 bits per heavy atom. The summed E-state index contributed by atoms with van der Waals surface area (Å²) in [6, 6.07) is 13.6. The first-order valence-electron chi connectivity index (χ1n) is 10.8. The molecule has 0 saturated carbocycles. The Bertz CT molecular complexity index is 1100. The highest BCUT2D eigenvalue weighted by molar-refractivity contribution is 7.99. The van der Waals surface area contributed by atoms with Crippen LogP contribution in [0.25, 0.3) is 0 Å². The van der Waals surface area contributed by atoms with Crippen LogP contribution in [-0.2, 0) is 17.8 Å². The molecule has 1 heterocycles. The summed E-state index contributed by atoms with van der Waals surface area (Å²) in [5.74, 6) is 2.46. The number of hydrogen-bond donors (Lipinski definition) is 1. The van der Waals surface area contributed by atoms with Gasteiger partial charge in [-0.05, 0) is 49.6 Å². The Balaban J connectivity index is 1.55. The van der Waals surface area contributed by atoms with Crippen molar-refractivity contribution in [3.63, 3.8) is 0 Å². The molecule has 33 heavy (non-hydrogen) atoms. The monoisotopic (exact) mass is 466 g/mol. The van der Waals surface area contributed by atoms with E-state index in [9.17, 15) is 4.79 Å². The standard InChI is InChI=1S/C25H30N4O3S/c1-5-14-29-23(11-8-15-32-21-10-7-6-9-19(21)3)27-28-25(29)33-17-24(30)26-20-16-18(2)12-13-22(20)31-4/h5-7,9-10,12-13,16H,1,8,11,14-15,17H2,2-4H3,(H,26,30). The predicted octanol–water partition coefficient (Wildman–Crippen LogP) is 4.83. The first kappa shape index (κ1) is 24.4. The Labute approximate surface area is 199 Å². The zero-order valence-corrected chi connectivity index (χ0v) is 20.2. The topological polar surface area (TPSA) is 78.3 Å². The maximum atomic E-state index is 12.5. The van der Waals surface area contributed by atoms with E-state index in [-0.39, 0.29) is 11.7 Å². The molecule has 3 rings (SSSR count). The highest BCUT2D eigenvalue weighted by Crippen LogP contribution is 2.26. The molecule has 0 aliphatic rings. The summed E-state index contributed by atoms with van der Waals surface area (Å²) in [6.07, 6.45) is 3.33. The van der Waals surface area contributed by atoms with Crippen molar-refractivity contribution < 1.29 is 14.3 Å². The number of amides is 1. The van der Waals surface area contributed by atoms with Crippen molar-refractivity contribution in [2.24, 2.45) is 0 Å². The zero-order valence-electron chi connectivity index (χ0n) is 19.3. The minimum Gasteiger partial charge on any atom is -0.495 e. The molecular formula is C25H30N4O3S. The number of anilines is 1. The van der Waals surface area contributed by atoms with Gasteiger partial charge in [0.15, 0.2) is 5.16 Å². The van der Waals surface area contributed by atoms with Crippen molar-refractivity contribution in [1.29, 1.82) is 0 Å². The van der Waals surface area contributed by atoms with Gasteiger partial charge in [0.05, 0.1) is 25.2 Å². The number of thioether (sulfide) groups is 1. The van der Waals surface area contributed by atoms with E-state index in [1.54, 1.807) is 13.2 Å². The summed E-state index contributed by atoms with van der Waals surface area (Å²) in [6.45, 7) is 9.01. The van der Waals surface area contributed by atoms with Crippen LogP contribution in [0.5, 0.6) is 11.5 Å². The Kier molecular flexibility index (Phi) is 8.95. The van der Waals surface area contributed by atoms with Crippen molar-refractivity contribution in [1.82, 2.24) is 14.8 Å². The van der Waals surface area contributed by atoms with Crippen LogP contribution < -0.4 is 14.8 Å². The number of methoxy groups -OCH3 is 1. The summed E-state index contributed by atoms with van der Waals surface area (Å²) in [5.41, 5.74) is 2.82. The summed E-state index contributed by atoms with van der Waals surface area (Å²) in [4.78, 5) is 12.5. The second-order valence-electron chi connectivity index (χ2n) is 7.56. The average molecular weight is 467 g/mol. The number of carbonyl (C=O) groups excluding carboxylic acids is 1. The van der Waals surface area contributed by atoms with Crippen LogP contribution in [0.15, 0.2) is 60.3 Å². The number of nitrogens with zero attached hydrogens (tertiary/aromatic N) is 3. The normalized spacial score (nSPS) is 10.6. The van der Waals surface area contributed by atoms with Gasteiger partial charge in [0.2, 0.25) is 5.91 Å². The first-order valence-corrected chi connectivity index (χ1v) is 11.8. The maximum absolute atomic E-state index is 12.5. The SMILES string of the molecule is C=CCn1c(CCCOc2ccccc2C)nnc1SCC(=O)Nc1cc(C)ccc1OC. The number of nitrogens with one attached hydrogen (secondary N) is 1. The summed E-state index contributed by atoms with van der Waals surface area (Å²) < 4.78 is 13.2. The van der Waals surface area contributed by atoms with Crippen LogP contribution >= 0.6 is 11.8 Å². The van der Waals surface area contributed by atoms with Gasteiger partial charge in [0, 0.05) is 13.0 Å². The molecule has 0 aliphatic carbocycles. The molecule has 0 atom stereocenters. The van der Waals surface area contributed by atoms with Crippen LogP contribution in [0.4, 0.5) is 5.69 Å². The fourth-order valence-electron chi connectivity index (χ4n) is 3.29. The number of rotatable bonds is 12. The van der Waals surface area contributed by atoms with Gasteiger partial charge in [0.25, 0.3) is 0 Å². The molecule has 174 valence electrons. The lowest BCUT2D eigenvalue weighted by Crippen LogP contribution is -2.15. The third-order valence-corrected chi connectivity index (χ3v) is 5.93. The van der Waals surface area contributed by atoms with E-state index in [1.807, 2.05) is 60.9 Å². The smallest absolute Gasteiger partial charge is 0.234 e. The molecule has 0 saturated heterocycles. The van der Waals surface area contributed by atoms with Crippen molar-refractivity contribution in [2.75, 3.05) is 24.8 Å². The largest absolute Gasteiger partial charge is 0.495 e. The van der Waals surface area contributed by atoms with Crippen molar-refractivity contribution in [3.05, 3.63) is 72.1 Å². The average Bonchev–Trinajstić information content (AvgIpc) is 3.18. The van der Waals surface area contributed by atoms with Gasteiger partial charge in [-0.2, -0.15) is 0 Å². The summed E-state index contributed by atoms with van der Waals surface area (Å²) in [7, 11) is 1.58. The third kappa shape index (κ3) is 6.86. The van der Waals surface area contributed by atoms with Crippen molar-refractivity contribution in [3.8, 4) is 11.5 Å². The number of aromatic nitrogens is 3. The number of aryl methyl sites for hydroxylation is 3. The first-order chi connectivity index (χ1) is 16.0. The van der Waals surface area contributed by atoms with Crippen molar-refractivity contribution >= 4 is 23.4 Å². The van der Waals surface area contributed by atoms with Gasteiger partial charge in [-0.1, -0.05) is 42.1 Å². The highest BCUT2D eigenvalue weighted by Gasteiger charge is 2.15. The van der Waals surface area contributed by atoms with Gasteiger partial charge in [0.1, 0.15) is 17.3 Å². The van der Waals surface area contributed by atoms with Gasteiger partial charge in [-0.25, -0.2) is 0 Å². The number of carbonyl (C=O) groups is 1. The number of hydrogen-bond acceptors (Lipinski definition) is 6. The molecule has 1 N–H and O–H groups in total. The van der Waals surface area contributed by atoms with E-state index >= 15 is 0 Å². The molecule has 7 nitrogen and oxygen atoms in total. The van der Waals surface area contributed by atoms with Gasteiger partial charge in [-0.15, -0.1) is 16.8 Å². The minimum atomic E-state index is -0.134. The fraction of sp³-hybridized carbons (Fsp3) is 0.320. The van der Waals surface area contributed by atoms with Gasteiger partial charge in [-0.3, -0.25) is 4.79 Å². The van der Waals surface area contributed by atoms with E-state index < -0.39 is 0 Å². The number of ether oxygens (including phenoxy) is 2. The van der Waals surface area contributed by atoms with Gasteiger partial charge < -0.3 is 19.4 Å². The Morgan fingerprint density at radius 1 is 1.18 bits per heavy atom. The third-order valence-electron chi connectivity index (χ3n) is 4.96. The molecule has 0 radical (unpaired) electrons. The van der Waals surface area contributed by atoms with Crippen LogP contribution in [0, 0.1) is 13.8 Å². The second kappa shape index (κ2) is 12.1. The molecule has 1 amide bonds. The minimum absolute atomic E-state index is 0.134. The molecule has 0 bridgehead atoms. The van der Waals surface area contributed by atoms with Gasteiger partial charge >= 0.3 is 0 Å². The fourth-order valence-corrected chi connectivity index (χ4v) is 4.06. The molecule has 0 unspecified atom stereocenters. The molecule has 2 aromatic carbocycles. The van der Waals surface area contributed by atoms with E-state index in [0.29, 0.717) is 29.7 Å². The maximum Gasteiger partial charge on any atom is 0.234 e. The summed E-state index contributed by atoms with van der Waals surface area (Å²) in [5, 5.41) is 12.2. The quantitative estimate of drug-likeness (QED) is 0.234. The lowest BCUT2D eigenvalue weighted by molar-refractivity contribution is -0.113. The van der Waals surface area contributed by atoms with E-state index in [2.05, 4.69) is 22.1 Å². The molecule has 0 spiro atoms. The molecule has 0 fully saturated rings. The van der Waals surface area contributed by atoms with Crippen LogP contribution in [-0.4, -0.2) is 40.1 Å². The van der Waals surface area contributed by atoms with Crippen molar-refractivity contribution in [2.45, 2.75) is 38.4 Å². The summed E-state index contributed by atoms with van der Waals surface area (Å²) >= 11 is 1.35. The highest BCUT2D eigenvalue weighted by atomic mass is 32.2. The Hall–Kier alpha value is -3.26. The number of para-hydroxylation sites is 1. The lowest BCUT2D eigenvalue weighted by atomic mass is 10.2. The number of benzene rings is 2. The van der Waals surface area contributed by atoms with E-state index in [4.69, 9.17) is 9.47 Å². The Morgan fingerprint density at radius 3 is 2.76 bits per heavy atom. The molecule has 0 aliphatic heterocycles. The molecular weight excluding hydrogens is 436 g/mol. The van der Waals surface area contributed by atoms with E-state index in [1.165, 1.54) is 11.8 Å². The molecule has 8 heteroatoms. The molecule has 1 aromatic heterocycles. The number of allylic oxidation sites excluding steroid dienone is 1. The molecule has 3 aromatic rings. The van der Waals surface area contributed by atoms with Crippen LogP contribution in [0.1, 0.15) is 23.4 Å². The van der Waals surface area contributed by atoms with E-state index in [0.717, 1.165) is 35.5 Å². The van der Waals surface area contributed by atoms with Crippen LogP contribution in [0.2, 0.25) is 0 Å². The predicted molar refractivity (Wildman–Crippen MR) is 132 cm³/mol. The lowest BCUT2D eigenvalue weighted by Gasteiger charge is -2.11. The van der Waals surface area contributed by atoms with Crippen LogP contribution in [0.3, 0.4) is 0 Å².